The summed E-state index contributed by atoms with van der Waals surface area (Å²) in [5.74, 6) is 0. The zero-order chi connectivity index (χ0) is 31.3. The lowest BCUT2D eigenvalue weighted by atomic mass is 9.83. The number of nitrogens with zero attached hydrogens (tertiary/aromatic N) is 2. The molecule has 9 aromatic carbocycles. The Bertz CT molecular complexity index is 2900. The maximum absolute atomic E-state index is 5.13. The molecule has 2 heteroatoms. The Balaban J connectivity index is 1.44. The number of hydrogen-bond acceptors (Lipinski definition) is 2. The van der Waals surface area contributed by atoms with Gasteiger partial charge in [0.1, 0.15) is 0 Å². The summed E-state index contributed by atoms with van der Waals surface area (Å²) >= 11 is 0. The van der Waals surface area contributed by atoms with E-state index >= 15 is 0 Å². The number of pyridine rings is 2. The molecule has 0 aliphatic carbocycles. The van der Waals surface area contributed by atoms with E-state index in [-0.39, 0.29) is 0 Å². The Morgan fingerprint density at radius 2 is 0.667 bits per heavy atom. The second kappa shape index (κ2) is 9.57. The zero-order valence-corrected chi connectivity index (χ0v) is 25.9. The first-order chi connectivity index (χ1) is 23.8. The second-order valence-electron chi connectivity index (χ2n) is 12.9. The largest absolute Gasteiger partial charge is 0.256 e. The molecule has 2 aromatic heterocycles. The van der Waals surface area contributed by atoms with Crippen LogP contribution in [0.25, 0.3) is 109 Å². The van der Waals surface area contributed by atoms with Crippen molar-refractivity contribution in [2.45, 2.75) is 0 Å². The Morgan fingerprint density at radius 3 is 1.15 bits per heavy atom. The lowest BCUT2D eigenvalue weighted by Gasteiger charge is -2.21. The van der Waals surface area contributed by atoms with Crippen LogP contribution in [0.4, 0.5) is 0 Å². The molecule has 0 fully saturated rings. The summed E-state index contributed by atoms with van der Waals surface area (Å²) < 4.78 is 0. The smallest absolute Gasteiger partial charge is 0.0792 e. The first-order valence-corrected chi connectivity index (χ1v) is 16.5. The van der Waals surface area contributed by atoms with Crippen LogP contribution in [0, 0.1) is 0 Å². The Morgan fingerprint density at radius 1 is 0.271 bits per heavy atom. The van der Waals surface area contributed by atoms with Gasteiger partial charge in [0.05, 0.1) is 11.4 Å². The van der Waals surface area contributed by atoms with Crippen LogP contribution in [0.3, 0.4) is 0 Å². The molecule has 0 aliphatic rings. The third-order valence-corrected chi connectivity index (χ3v) is 10.4. The number of rotatable bonds is 2. The molecular weight excluding hydrogens is 581 g/mol. The third kappa shape index (κ3) is 3.41. The predicted molar refractivity (Wildman–Crippen MR) is 204 cm³/mol. The van der Waals surface area contributed by atoms with Crippen LogP contribution in [0.15, 0.2) is 158 Å². The molecule has 48 heavy (non-hydrogen) atoms. The molecule has 0 unspecified atom stereocenters. The van der Waals surface area contributed by atoms with Crippen LogP contribution < -0.4 is 0 Å². The lowest BCUT2D eigenvalue weighted by Crippen LogP contribution is -1.96. The van der Waals surface area contributed by atoms with Gasteiger partial charge >= 0.3 is 0 Å². The van der Waals surface area contributed by atoms with E-state index < -0.39 is 0 Å². The maximum Gasteiger partial charge on any atom is 0.0792 e. The molecule has 2 nitrogen and oxygen atoms in total. The van der Waals surface area contributed by atoms with Crippen LogP contribution >= 0.6 is 0 Å². The van der Waals surface area contributed by atoms with Crippen molar-refractivity contribution in [1.82, 2.24) is 9.97 Å². The lowest BCUT2D eigenvalue weighted by molar-refractivity contribution is 1.36. The molecule has 2 heterocycles. The summed E-state index contributed by atoms with van der Waals surface area (Å²) in [6.45, 7) is 0. The van der Waals surface area contributed by atoms with E-state index in [2.05, 4.69) is 146 Å². The molecule has 0 amide bonds. The molecule has 0 saturated carbocycles. The molecule has 11 aromatic rings. The van der Waals surface area contributed by atoms with E-state index in [9.17, 15) is 0 Å². The van der Waals surface area contributed by atoms with Crippen LogP contribution in [0.1, 0.15) is 0 Å². The fourth-order valence-electron chi connectivity index (χ4n) is 8.42. The Hall–Kier alpha value is -6.38. The molecule has 0 aliphatic heterocycles. The van der Waals surface area contributed by atoms with Crippen LogP contribution in [0.5, 0.6) is 0 Å². The standard InChI is InChI=1S/C46H26N2/c1-3-13-31-27(9-1)21-23-47-45(31)43-33-15-5-6-16-34(33)44(46-32-14-4-2-10-28(32)22-24-48-46)40-26-38-36-18-8-12-30-20-19-29-11-7-17-35(41(29)42(30)36)37(38)25-39(40)43/h1-26H. The van der Waals surface area contributed by atoms with Gasteiger partial charge in [-0.25, -0.2) is 0 Å². The quantitative estimate of drug-likeness (QED) is 0.144. The third-order valence-electron chi connectivity index (χ3n) is 10.4. The van der Waals surface area contributed by atoms with Gasteiger partial charge in [0.15, 0.2) is 0 Å². The molecular formula is C46H26N2. The second-order valence-corrected chi connectivity index (χ2v) is 12.9. The van der Waals surface area contributed by atoms with Crippen molar-refractivity contribution in [1.29, 1.82) is 0 Å². The molecule has 11 rings (SSSR count). The molecule has 0 N–H and O–H groups in total. The average Bonchev–Trinajstić information content (AvgIpc) is 3.15. The minimum Gasteiger partial charge on any atom is -0.256 e. The Labute approximate surface area is 275 Å². The van der Waals surface area contributed by atoms with Gasteiger partial charge in [0.2, 0.25) is 0 Å². The van der Waals surface area contributed by atoms with E-state index in [1.54, 1.807) is 0 Å². The first kappa shape index (κ1) is 25.8. The highest BCUT2D eigenvalue weighted by atomic mass is 14.7. The van der Waals surface area contributed by atoms with Gasteiger partial charge in [-0.1, -0.05) is 121 Å². The van der Waals surface area contributed by atoms with Gasteiger partial charge in [-0.15, -0.1) is 0 Å². The van der Waals surface area contributed by atoms with Gasteiger partial charge in [-0.3, -0.25) is 9.97 Å². The summed E-state index contributed by atoms with van der Waals surface area (Å²) in [4.78, 5) is 10.3. The van der Waals surface area contributed by atoms with Gasteiger partial charge < -0.3 is 0 Å². The topological polar surface area (TPSA) is 25.8 Å². The van der Waals surface area contributed by atoms with Crippen molar-refractivity contribution in [2.24, 2.45) is 0 Å². The highest BCUT2D eigenvalue weighted by Crippen LogP contribution is 2.49. The van der Waals surface area contributed by atoms with Crippen molar-refractivity contribution in [3.63, 3.8) is 0 Å². The highest BCUT2D eigenvalue weighted by molar-refractivity contribution is 6.36. The molecule has 0 bridgehead atoms. The van der Waals surface area contributed by atoms with Crippen molar-refractivity contribution < 1.29 is 0 Å². The van der Waals surface area contributed by atoms with E-state index in [0.29, 0.717) is 0 Å². The summed E-state index contributed by atoms with van der Waals surface area (Å²) in [6.07, 6.45) is 3.91. The maximum atomic E-state index is 5.13. The van der Waals surface area contributed by atoms with Crippen molar-refractivity contribution in [3.05, 3.63) is 158 Å². The molecule has 0 saturated heterocycles. The van der Waals surface area contributed by atoms with Crippen LogP contribution in [-0.2, 0) is 0 Å². The Kier molecular flexibility index (Phi) is 5.14. The molecule has 0 atom stereocenters. The monoisotopic (exact) mass is 606 g/mol. The van der Waals surface area contributed by atoms with Crippen molar-refractivity contribution >= 4 is 86.2 Å². The van der Waals surface area contributed by atoms with Crippen molar-refractivity contribution in [2.75, 3.05) is 0 Å². The minimum atomic E-state index is 1.00. The number of fused-ring (bicyclic) bond motifs is 7. The first-order valence-electron chi connectivity index (χ1n) is 16.5. The number of benzene rings is 9. The van der Waals surface area contributed by atoms with Gasteiger partial charge in [0.25, 0.3) is 0 Å². The molecule has 0 spiro atoms. The van der Waals surface area contributed by atoms with Crippen LogP contribution in [0.2, 0.25) is 0 Å². The number of aromatic nitrogens is 2. The fraction of sp³-hybridized carbons (Fsp3) is 0. The van der Waals surface area contributed by atoms with Gasteiger partial charge in [-0.2, -0.15) is 0 Å². The minimum absolute atomic E-state index is 1.00. The fourth-order valence-corrected chi connectivity index (χ4v) is 8.42. The highest BCUT2D eigenvalue weighted by Gasteiger charge is 2.23. The van der Waals surface area contributed by atoms with Gasteiger partial charge in [-0.05, 0) is 99.7 Å². The predicted octanol–water partition coefficient (Wildman–Crippen LogP) is 12.5. The SMILES string of the molecule is c1ccc2c(-c3c4ccccc4c(-c4nccc5ccccc45)c4cc5c(cc34)c3cccc4ccc6cccc5c6c43)nccc2c1. The normalized spacial score (nSPS) is 12.2. The summed E-state index contributed by atoms with van der Waals surface area (Å²) in [5.41, 5.74) is 4.33. The number of hydrogen-bond donors (Lipinski definition) is 0. The summed E-state index contributed by atoms with van der Waals surface area (Å²) in [6, 6.07) is 53.2. The van der Waals surface area contributed by atoms with E-state index in [1.165, 1.54) is 75.4 Å². The summed E-state index contributed by atoms with van der Waals surface area (Å²) in [5, 5.41) is 19.7. The van der Waals surface area contributed by atoms with E-state index in [0.717, 1.165) is 33.3 Å². The zero-order valence-electron chi connectivity index (χ0n) is 25.9. The average molecular weight is 607 g/mol. The van der Waals surface area contributed by atoms with E-state index in [1.807, 2.05) is 12.4 Å². The molecule has 220 valence electrons. The van der Waals surface area contributed by atoms with E-state index in [4.69, 9.17) is 9.97 Å². The molecule has 0 radical (unpaired) electrons. The van der Waals surface area contributed by atoms with Crippen LogP contribution in [-0.4, -0.2) is 9.97 Å². The van der Waals surface area contributed by atoms with Gasteiger partial charge in [0, 0.05) is 34.3 Å². The van der Waals surface area contributed by atoms with Crippen molar-refractivity contribution in [3.8, 4) is 22.5 Å². The summed E-state index contributed by atoms with van der Waals surface area (Å²) in [7, 11) is 0.